The molecule has 25 heavy (non-hydrogen) atoms. The molecule has 3 rings (SSSR count). The second-order valence-electron chi connectivity index (χ2n) is 6.05. The van der Waals surface area contributed by atoms with E-state index < -0.39 is 29.2 Å². The third-order valence-electron chi connectivity index (χ3n) is 4.13. The molecule has 0 saturated carbocycles. The summed E-state index contributed by atoms with van der Waals surface area (Å²) in [5, 5.41) is 2.58. The number of hydrogen-bond donors (Lipinski definition) is 1. The van der Waals surface area contributed by atoms with Gasteiger partial charge in [-0.2, -0.15) is 13.2 Å². The Bertz CT molecular complexity index is 826. The summed E-state index contributed by atoms with van der Waals surface area (Å²) >= 11 is 0. The minimum Gasteiger partial charge on any atom is -0.463 e. The fraction of sp³-hybridized carbons (Fsp3) is 0.294. The summed E-state index contributed by atoms with van der Waals surface area (Å²) < 4.78 is 43.3. The van der Waals surface area contributed by atoms with Gasteiger partial charge in [-0.3, -0.25) is 9.69 Å². The Balaban J connectivity index is 1.82. The van der Waals surface area contributed by atoms with Gasteiger partial charge in [0.15, 0.2) is 5.54 Å². The number of nitrogens with zero attached hydrogens (tertiary/aromatic N) is 1. The minimum atomic E-state index is -4.44. The van der Waals surface area contributed by atoms with Crippen molar-refractivity contribution in [2.24, 2.45) is 0 Å². The van der Waals surface area contributed by atoms with E-state index in [1.54, 1.807) is 19.1 Å². The lowest BCUT2D eigenvalue weighted by Crippen LogP contribution is -2.40. The van der Waals surface area contributed by atoms with Crippen LogP contribution in [0.15, 0.2) is 40.8 Å². The summed E-state index contributed by atoms with van der Waals surface area (Å²) in [6.07, 6.45) is -4.44. The summed E-state index contributed by atoms with van der Waals surface area (Å²) in [6, 6.07) is 6.99. The van der Waals surface area contributed by atoms with Gasteiger partial charge in [0.1, 0.15) is 11.5 Å². The number of halogens is 3. The van der Waals surface area contributed by atoms with Crippen molar-refractivity contribution in [1.29, 1.82) is 0 Å². The number of furan rings is 1. The van der Waals surface area contributed by atoms with Gasteiger partial charge in [-0.1, -0.05) is 12.1 Å². The van der Waals surface area contributed by atoms with E-state index in [0.717, 1.165) is 17.0 Å². The minimum absolute atomic E-state index is 0.127. The van der Waals surface area contributed by atoms with E-state index in [2.05, 4.69) is 5.32 Å². The van der Waals surface area contributed by atoms with Crippen LogP contribution in [0.1, 0.15) is 29.6 Å². The van der Waals surface area contributed by atoms with Crippen LogP contribution in [0.4, 0.5) is 18.0 Å². The molecule has 0 bridgehead atoms. The van der Waals surface area contributed by atoms with Crippen LogP contribution in [0.5, 0.6) is 0 Å². The van der Waals surface area contributed by atoms with Gasteiger partial charge in [-0.15, -0.1) is 0 Å². The first-order chi connectivity index (χ1) is 11.6. The molecule has 1 aromatic carbocycles. The second kappa shape index (κ2) is 5.65. The Hall–Kier alpha value is -2.77. The van der Waals surface area contributed by atoms with E-state index in [9.17, 15) is 22.8 Å². The highest BCUT2D eigenvalue weighted by molar-refractivity contribution is 6.06. The number of imide groups is 1. The van der Waals surface area contributed by atoms with Crippen LogP contribution in [0, 0.1) is 6.92 Å². The van der Waals surface area contributed by atoms with Gasteiger partial charge < -0.3 is 9.73 Å². The Kier molecular flexibility index (Phi) is 3.85. The van der Waals surface area contributed by atoms with Crippen molar-refractivity contribution in [3.63, 3.8) is 0 Å². The average molecular weight is 352 g/mol. The molecule has 2 aromatic rings. The standard InChI is InChI=1S/C17H15F3N2O3/c1-10-3-8-13(25-10)16(2)14(23)22(15(24)21-16)9-11-4-6-12(7-5-11)17(18,19)20/h3-8H,9H2,1-2H3,(H,21,24)/t16-/m0/s1. The van der Waals surface area contributed by atoms with Gasteiger partial charge >= 0.3 is 12.2 Å². The Morgan fingerprint density at radius 3 is 2.28 bits per heavy atom. The fourth-order valence-corrected chi connectivity index (χ4v) is 2.69. The van der Waals surface area contributed by atoms with E-state index in [1.165, 1.54) is 19.1 Å². The molecule has 0 spiro atoms. The van der Waals surface area contributed by atoms with Crippen molar-refractivity contribution in [2.45, 2.75) is 32.1 Å². The zero-order valence-corrected chi connectivity index (χ0v) is 13.5. The summed E-state index contributed by atoms with van der Waals surface area (Å²) in [7, 11) is 0. The third-order valence-corrected chi connectivity index (χ3v) is 4.13. The molecule has 1 aliphatic rings. The molecule has 0 radical (unpaired) electrons. The van der Waals surface area contributed by atoms with Gasteiger partial charge in [-0.05, 0) is 43.7 Å². The molecule has 2 heterocycles. The monoisotopic (exact) mass is 352 g/mol. The quantitative estimate of drug-likeness (QED) is 0.859. The maximum atomic E-state index is 12.7. The predicted octanol–water partition coefficient (Wildman–Crippen LogP) is 3.57. The number of nitrogens with one attached hydrogen (secondary N) is 1. The van der Waals surface area contributed by atoms with Crippen LogP contribution in [0.25, 0.3) is 0 Å². The summed E-state index contributed by atoms with van der Waals surface area (Å²) in [6.45, 7) is 3.12. The molecule has 1 aliphatic heterocycles. The molecule has 8 heteroatoms. The number of carbonyl (C=O) groups is 2. The topological polar surface area (TPSA) is 62.6 Å². The Morgan fingerprint density at radius 2 is 1.76 bits per heavy atom. The highest BCUT2D eigenvalue weighted by Crippen LogP contribution is 2.32. The molecular formula is C17H15F3N2O3. The second-order valence-corrected chi connectivity index (χ2v) is 6.05. The van der Waals surface area contributed by atoms with Crippen LogP contribution in [-0.4, -0.2) is 16.8 Å². The van der Waals surface area contributed by atoms with Crippen molar-refractivity contribution >= 4 is 11.9 Å². The van der Waals surface area contributed by atoms with Crippen LogP contribution in [-0.2, 0) is 23.1 Å². The normalized spacial score (nSPS) is 20.9. The van der Waals surface area contributed by atoms with E-state index in [0.29, 0.717) is 17.1 Å². The van der Waals surface area contributed by atoms with E-state index in [4.69, 9.17) is 4.42 Å². The van der Waals surface area contributed by atoms with Gasteiger partial charge in [0, 0.05) is 0 Å². The molecule has 5 nitrogen and oxygen atoms in total. The molecule has 1 N–H and O–H groups in total. The van der Waals surface area contributed by atoms with Crippen LogP contribution >= 0.6 is 0 Å². The summed E-state index contributed by atoms with van der Waals surface area (Å²) in [5.74, 6) is 0.379. The summed E-state index contributed by atoms with van der Waals surface area (Å²) in [4.78, 5) is 25.8. The maximum absolute atomic E-state index is 12.7. The predicted molar refractivity (Wildman–Crippen MR) is 81.3 cm³/mol. The molecule has 1 atom stereocenters. The molecule has 3 amide bonds. The van der Waals surface area contributed by atoms with Crippen LogP contribution < -0.4 is 5.32 Å². The lowest BCUT2D eigenvalue weighted by molar-refractivity contribution is -0.137. The fourth-order valence-electron chi connectivity index (χ4n) is 2.69. The highest BCUT2D eigenvalue weighted by atomic mass is 19.4. The lowest BCUT2D eigenvalue weighted by Gasteiger charge is -2.19. The van der Waals surface area contributed by atoms with Crippen molar-refractivity contribution in [2.75, 3.05) is 0 Å². The average Bonchev–Trinajstić information content (AvgIpc) is 3.06. The smallest absolute Gasteiger partial charge is 0.416 e. The van der Waals surface area contributed by atoms with E-state index >= 15 is 0 Å². The number of rotatable bonds is 3. The number of urea groups is 1. The highest BCUT2D eigenvalue weighted by Gasteiger charge is 2.51. The van der Waals surface area contributed by atoms with Crippen LogP contribution in [0.2, 0.25) is 0 Å². The SMILES string of the molecule is Cc1ccc([C@]2(C)NC(=O)N(Cc3ccc(C(F)(F)F)cc3)C2=O)o1. The van der Waals surface area contributed by atoms with Crippen molar-refractivity contribution in [3.05, 3.63) is 59.0 Å². The maximum Gasteiger partial charge on any atom is 0.416 e. The largest absolute Gasteiger partial charge is 0.463 e. The van der Waals surface area contributed by atoms with E-state index in [1.807, 2.05) is 0 Å². The first-order valence-corrected chi connectivity index (χ1v) is 7.48. The van der Waals surface area contributed by atoms with Gasteiger partial charge in [0.05, 0.1) is 12.1 Å². The number of benzene rings is 1. The van der Waals surface area contributed by atoms with Gasteiger partial charge in [-0.25, -0.2) is 4.79 Å². The van der Waals surface area contributed by atoms with Gasteiger partial charge in [0.25, 0.3) is 5.91 Å². The first kappa shape index (κ1) is 17.1. The number of aryl methyl sites for hydroxylation is 1. The molecular weight excluding hydrogens is 337 g/mol. The lowest BCUT2D eigenvalue weighted by atomic mass is 9.99. The molecule has 1 saturated heterocycles. The number of amides is 3. The third kappa shape index (κ3) is 2.99. The molecule has 0 aliphatic carbocycles. The number of alkyl halides is 3. The Labute approximate surface area is 141 Å². The molecule has 1 aromatic heterocycles. The first-order valence-electron chi connectivity index (χ1n) is 7.48. The Morgan fingerprint density at radius 1 is 1.12 bits per heavy atom. The molecule has 1 fully saturated rings. The zero-order valence-electron chi connectivity index (χ0n) is 13.5. The van der Waals surface area contributed by atoms with Crippen molar-refractivity contribution < 1.29 is 27.2 Å². The zero-order chi connectivity index (χ0) is 18.4. The number of hydrogen-bond acceptors (Lipinski definition) is 3. The van der Waals surface area contributed by atoms with Crippen molar-refractivity contribution in [3.8, 4) is 0 Å². The molecule has 0 unspecified atom stereocenters. The van der Waals surface area contributed by atoms with Crippen LogP contribution in [0.3, 0.4) is 0 Å². The van der Waals surface area contributed by atoms with Gasteiger partial charge in [0.2, 0.25) is 0 Å². The molecule has 132 valence electrons. The van der Waals surface area contributed by atoms with Crippen molar-refractivity contribution in [1.82, 2.24) is 10.2 Å². The van der Waals surface area contributed by atoms with E-state index in [-0.39, 0.29) is 6.54 Å². The number of carbonyl (C=O) groups excluding carboxylic acids is 2. The summed E-state index contributed by atoms with van der Waals surface area (Å²) in [5.41, 5.74) is -1.71.